The van der Waals surface area contributed by atoms with Crippen LogP contribution < -0.4 is 15.1 Å². The summed E-state index contributed by atoms with van der Waals surface area (Å²) >= 11 is 0. The highest BCUT2D eigenvalue weighted by Crippen LogP contribution is 2.63. The van der Waals surface area contributed by atoms with Crippen LogP contribution >= 0.6 is 0 Å². The van der Waals surface area contributed by atoms with E-state index in [2.05, 4.69) is 10.5 Å². The third-order valence-corrected chi connectivity index (χ3v) is 9.01. The van der Waals surface area contributed by atoms with Crippen molar-refractivity contribution in [3.63, 3.8) is 0 Å². The molecule has 0 radical (unpaired) electrons. The quantitative estimate of drug-likeness (QED) is 0.126. The maximum atomic E-state index is 14.5. The van der Waals surface area contributed by atoms with E-state index in [1.54, 1.807) is 30.5 Å². The molecule has 3 amide bonds. The summed E-state index contributed by atoms with van der Waals surface area (Å²) in [5, 5.41) is 15.6. The molecule has 0 saturated carbocycles. The number of carbonyl (C=O) groups is 3. The van der Waals surface area contributed by atoms with E-state index in [1.165, 1.54) is 29.2 Å². The monoisotopic (exact) mass is 600 g/mol. The predicted molar refractivity (Wildman–Crippen MR) is 166 cm³/mol. The first-order valence-corrected chi connectivity index (χ1v) is 14.7. The Bertz CT molecular complexity index is 1850. The first kappa shape index (κ1) is 28.1. The number of rotatable bonds is 8. The Balaban J connectivity index is 1.33. The third kappa shape index (κ3) is 4.24. The minimum absolute atomic E-state index is 0.0644. The molecule has 1 saturated heterocycles. The topological polar surface area (TPSA) is 131 Å². The molecule has 1 N–H and O–H groups in total. The van der Waals surface area contributed by atoms with E-state index < -0.39 is 28.1 Å². The van der Waals surface area contributed by atoms with Crippen LogP contribution in [0.4, 0.5) is 11.4 Å². The summed E-state index contributed by atoms with van der Waals surface area (Å²) in [6.07, 6.45) is 2.41. The lowest BCUT2D eigenvalue weighted by molar-refractivity contribution is -0.384. The molecular weight excluding hydrogens is 572 g/mol. The molecule has 2 atom stereocenters. The van der Waals surface area contributed by atoms with Gasteiger partial charge in [0.2, 0.25) is 11.8 Å². The Labute approximate surface area is 258 Å². The van der Waals surface area contributed by atoms with Gasteiger partial charge in [0.15, 0.2) is 0 Å². The van der Waals surface area contributed by atoms with Gasteiger partial charge in [0, 0.05) is 29.8 Å². The zero-order chi connectivity index (χ0) is 31.3. The van der Waals surface area contributed by atoms with Gasteiger partial charge in [0.25, 0.3) is 11.6 Å². The van der Waals surface area contributed by atoms with Crippen LogP contribution in [0.2, 0.25) is 0 Å². The summed E-state index contributed by atoms with van der Waals surface area (Å²) in [4.78, 5) is 53.8. The van der Waals surface area contributed by atoms with Gasteiger partial charge in [-0.1, -0.05) is 61.5 Å². The number of carbonyl (C=O) groups excluding carboxylic acids is 3. The van der Waals surface area contributed by atoms with Crippen molar-refractivity contribution in [1.29, 1.82) is 0 Å². The number of nitro groups is 1. The zero-order valence-electron chi connectivity index (χ0n) is 24.3. The average Bonchev–Trinajstić information content (AvgIpc) is 3.34. The molecule has 4 aliphatic rings. The van der Waals surface area contributed by atoms with Gasteiger partial charge in [0.05, 0.1) is 34.5 Å². The van der Waals surface area contributed by atoms with E-state index in [1.807, 2.05) is 55.5 Å². The molecule has 1 aliphatic heterocycles. The van der Waals surface area contributed by atoms with Crippen LogP contribution in [0.3, 0.4) is 0 Å². The number of benzene rings is 4. The van der Waals surface area contributed by atoms with Gasteiger partial charge >= 0.3 is 0 Å². The number of ether oxygens (including phenoxy) is 1. The first-order chi connectivity index (χ1) is 21.9. The molecule has 3 aliphatic carbocycles. The summed E-state index contributed by atoms with van der Waals surface area (Å²) in [6.45, 7) is 2.57. The summed E-state index contributed by atoms with van der Waals surface area (Å²) in [5.41, 5.74) is 5.18. The number of nitrogens with zero attached hydrogens (tertiary/aromatic N) is 3. The number of nitrogens with one attached hydrogen (secondary N) is 1. The Hall–Kier alpha value is -5.64. The molecule has 1 fully saturated rings. The summed E-state index contributed by atoms with van der Waals surface area (Å²) in [5.74, 6) is -2.50. The predicted octanol–water partition coefficient (Wildman–Crippen LogP) is 5.35. The van der Waals surface area contributed by atoms with Gasteiger partial charge in [-0.25, -0.2) is 10.3 Å². The normalized spacial score (nSPS) is 22.6. The minimum atomic E-state index is -1.17. The highest BCUT2D eigenvalue weighted by Gasteiger charge is 2.68. The smallest absolute Gasteiger partial charge is 0.271 e. The van der Waals surface area contributed by atoms with Gasteiger partial charge < -0.3 is 4.74 Å². The van der Waals surface area contributed by atoms with Crippen molar-refractivity contribution in [2.24, 2.45) is 16.9 Å². The number of non-ortho nitro benzene ring substituents is 1. The van der Waals surface area contributed by atoms with Crippen molar-refractivity contribution in [3.05, 3.63) is 135 Å². The average molecular weight is 601 g/mol. The Kier molecular flexibility index (Phi) is 6.77. The van der Waals surface area contributed by atoms with Crippen molar-refractivity contribution >= 4 is 35.3 Å². The molecule has 10 nitrogen and oxygen atoms in total. The highest BCUT2D eigenvalue weighted by molar-refractivity contribution is 6.25. The van der Waals surface area contributed by atoms with Crippen LogP contribution in [0.5, 0.6) is 5.75 Å². The largest absolute Gasteiger partial charge is 0.494 e. The van der Waals surface area contributed by atoms with E-state index in [9.17, 15) is 24.5 Å². The van der Waals surface area contributed by atoms with E-state index in [4.69, 9.17) is 4.74 Å². The molecule has 224 valence electrons. The summed E-state index contributed by atoms with van der Waals surface area (Å²) in [7, 11) is 0. The molecule has 4 aromatic carbocycles. The molecular formula is C35H28N4O6. The first-order valence-electron chi connectivity index (χ1n) is 14.7. The van der Waals surface area contributed by atoms with Crippen LogP contribution in [0, 0.1) is 22.0 Å². The molecule has 10 heteroatoms. The number of hydrogen-bond acceptors (Lipinski definition) is 7. The summed E-state index contributed by atoms with van der Waals surface area (Å²) in [6, 6.07) is 27.8. The number of anilines is 1. The fourth-order valence-corrected chi connectivity index (χ4v) is 7.23. The number of hydrogen-bond donors (Lipinski definition) is 1. The summed E-state index contributed by atoms with van der Waals surface area (Å²) < 4.78 is 5.71. The lowest BCUT2D eigenvalue weighted by atomic mass is 9.47. The maximum Gasteiger partial charge on any atom is 0.271 e. The van der Waals surface area contributed by atoms with Crippen LogP contribution in [-0.2, 0) is 15.0 Å². The second-order valence-corrected chi connectivity index (χ2v) is 11.4. The molecule has 0 spiro atoms. The standard InChI is InChI=1S/C35H28N4O6/c1-2-18-45-24-16-14-22(15-17-24)38-33(41)30-29-25-10-3-5-12-27(25)35(31(30)34(38)42,28-13-6-4-11-26(28)29)20-36-37-32(40)21-8-7-9-23(19-21)39(43)44/h3-17,19-20,29-31H,2,18H2,1H3,(H,37,40)/b36-20-/t29?,30-,31-,35?/m0/s1. The zero-order valence-corrected chi connectivity index (χ0v) is 24.3. The van der Waals surface area contributed by atoms with Crippen molar-refractivity contribution in [1.82, 2.24) is 5.43 Å². The molecule has 0 aromatic heterocycles. The van der Waals surface area contributed by atoms with Gasteiger partial charge in [-0.2, -0.15) is 5.10 Å². The Morgan fingerprint density at radius 2 is 1.62 bits per heavy atom. The fraction of sp³-hybridized carbons (Fsp3) is 0.200. The lowest BCUT2D eigenvalue weighted by Crippen LogP contribution is -2.54. The van der Waals surface area contributed by atoms with Gasteiger partial charge in [-0.05, 0) is 59.0 Å². The molecule has 8 rings (SSSR count). The second kappa shape index (κ2) is 10.8. The van der Waals surface area contributed by atoms with Crippen molar-refractivity contribution in [2.45, 2.75) is 24.7 Å². The Morgan fingerprint density at radius 1 is 0.956 bits per heavy atom. The molecule has 1 heterocycles. The van der Waals surface area contributed by atoms with E-state index in [0.29, 0.717) is 18.0 Å². The number of nitro benzene ring substituents is 1. The van der Waals surface area contributed by atoms with Crippen molar-refractivity contribution in [3.8, 4) is 5.75 Å². The van der Waals surface area contributed by atoms with Crippen molar-refractivity contribution in [2.75, 3.05) is 11.5 Å². The van der Waals surface area contributed by atoms with E-state index in [-0.39, 0.29) is 29.0 Å². The number of hydrazone groups is 1. The van der Waals surface area contributed by atoms with Gasteiger partial charge in [-0.3, -0.25) is 24.5 Å². The highest BCUT2D eigenvalue weighted by atomic mass is 16.6. The molecule has 45 heavy (non-hydrogen) atoms. The van der Waals surface area contributed by atoms with Crippen LogP contribution in [0.25, 0.3) is 0 Å². The van der Waals surface area contributed by atoms with Crippen molar-refractivity contribution < 1.29 is 24.0 Å². The molecule has 2 bridgehead atoms. The Morgan fingerprint density at radius 3 is 2.27 bits per heavy atom. The lowest BCUT2D eigenvalue weighted by Gasteiger charge is -2.52. The molecule has 4 aromatic rings. The van der Waals surface area contributed by atoms with Crippen LogP contribution in [0.15, 0.2) is 102 Å². The SMILES string of the molecule is CCCOc1ccc(N2C(=O)[C@@H]3[C@@H](C2=O)C2c4ccccc4C3(/C=N\NC(=O)c3cccc([N+](=O)[O-])c3)c3ccccc32)cc1. The maximum absolute atomic E-state index is 14.5. The van der Waals surface area contributed by atoms with Gasteiger partial charge in [-0.15, -0.1) is 0 Å². The number of amides is 3. The second-order valence-electron chi connectivity index (χ2n) is 11.4. The van der Waals surface area contributed by atoms with Gasteiger partial charge in [0.1, 0.15) is 5.75 Å². The third-order valence-electron chi connectivity index (χ3n) is 9.01. The van der Waals surface area contributed by atoms with Crippen LogP contribution in [-0.4, -0.2) is 35.5 Å². The number of imide groups is 1. The van der Waals surface area contributed by atoms with E-state index in [0.717, 1.165) is 28.7 Å². The molecule has 0 unspecified atom stereocenters. The van der Waals surface area contributed by atoms with Crippen LogP contribution in [0.1, 0.15) is 51.9 Å². The fourth-order valence-electron chi connectivity index (χ4n) is 7.23. The minimum Gasteiger partial charge on any atom is -0.494 e. The van der Waals surface area contributed by atoms with E-state index >= 15 is 0 Å².